The van der Waals surface area contributed by atoms with Crippen LogP contribution in [0.5, 0.6) is 0 Å². The van der Waals surface area contributed by atoms with Crippen molar-refractivity contribution in [2.24, 2.45) is 0 Å². The van der Waals surface area contributed by atoms with E-state index in [9.17, 15) is 0 Å². The average molecular weight is 317 g/mol. The zero-order chi connectivity index (χ0) is 15.7. The van der Waals surface area contributed by atoms with Gasteiger partial charge in [0.1, 0.15) is 23.2 Å². The van der Waals surface area contributed by atoms with E-state index in [2.05, 4.69) is 91.9 Å². The maximum absolute atomic E-state index is 2.39. The molecule has 0 spiro atoms. The molecule has 0 saturated carbocycles. The second kappa shape index (κ2) is 5.95. The summed E-state index contributed by atoms with van der Waals surface area (Å²) in [6.45, 7) is 2.38. The Labute approximate surface area is 139 Å². The number of hydrogen-bond acceptors (Lipinski definition) is 0. The predicted molar refractivity (Wildman–Crippen MR) is 103 cm³/mol. The van der Waals surface area contributed by atoms with Gasteiger partial charge in [-0.15, -0.1) is 0 Å². The van der Waals surface area contributed by atoms with Crippen molar-refractivity contribution in [3.05, 3.63) is 90.5 Å². The molecule has 114 valence electrons. The molecule has 0 aromatic heterocycles. The van der Waals surface area contributed by atoms with Gasteiger partial charge in [-0.25, -0.2) is 0 Å². The Bertz CT molecular complexity index is 753. The van der Waals surface area contributed by atoms with Gasteiger partial charge in [-0.2, -0.15) is 0 Å². The smallest absolute Gasteiger partial charge is 0.0620 e. The molecule has 1 heterocycles. The first-order chi connectivity index (χ1) is 11.3. The van der Waals surface area contributed by atoms with Crippen LogP contribution < -0.4 is 15.9 Å². The summed E-state index contributed by atoms with van der Waals surface area (Å²) in [4.78, 5) is 0. The summed E-state index contributed by atoms with van der Waals surface area (Å²) >= 11 is 0. The van der Waals surface area contributed by atoms with Gasteiger partial charge in [0.25, 0.3) is 0 Å². The van der Waals surface area contributed by atoms with Crippen LogP contribution in [0.2, 0.25) is 0 Å². The fraction of sp³-hybridized carbons (Fsp3) is 0.182. The molecule has 0 aliphatic carbocycles. The van der Waals surface area contributed by atoms with Crippen LogP contribution in [-0.4, -0.2) is 6.16 Å². The van der Waals surface area contributed by atoms with E-state index in [1.165, 1.54) is 23.2 Å². The summed E-state index contributed by atoms with van der Waals surface area (Å²) in [7, 11) is -1.52. The molecule has 3 aromatic carbocycles. The maximum Gasteiger partial charge on any atom is 0.112 e. The van der Waals surface area contributed by atoms with Gasteiger partial charge in [0.2, 0.25) is 0 Å². The molecule has 1 atom stereocenters. The first kappa shape index (κ1) is 14.7. The van der Waals surface area contributed by atoms with Crippen molar-refractivity contribution >= 4 is 23.2 Å². The minimum atomic E-state index is -1.52. The van der Waals surface area contributed by atoms with Crippen LogP contribution >= 0.6 is 7.26 Å². The molecule has 4 rings (SSSR count). The quantitative estimate of drug-likeness (QED) is 0.611. The minimum absolute atomic E-state index is 0.659. The second-order valence-electron chi connectivity index (χ2n) is 6.45. The molecule has 0 radical (unpaired) electrons. The van der Waals surface area contributed by atoms with Crippen LogP contribution in [0.1, 0.15) is 24.8 Å². The van der Waals surface area contributed by atoms with Gasteiger partial charge >= 0.3 is 0 Å². The minimum Gasteiger partial charge on any atom is -0.0620 e. The molecule has 23 heavy (non-hydrogen) atoms. The van der Waals surface area contributed by atoms with Gasteiger partial charge in [-0.3, -0.25) is 0 Å². The molecule has 1 heteroatoms. The molecule has 1 aliphatic rings. The van der Waals surface area contributed by atoms with Crippen molar-refractivity contribution < 1.29 is 0 Å². The Morgan fingerprint density at radius 3 is 1.83 bits per heavy atom. The molecule has 3 aromatic rings. The average Bonchev–Trinajstić information content (AvgIpc) is 2.64. The van der Waals surface area contributed by atoms with Crippen LogP contribution in [0.3, 0.4) is 0 Å². The Morgan fingerprint density at radius 2 is 1.22 bits per heavy atom. The van der Waals surface area contributed by atoms with Crippen molar-refractivity contribution in [3.63, 3.8) is 0 Å². The van der Waals surface area contributed by atoms with Crippen LogP contribution in [0.4, 0.5) is 0 Å². The normalized spacial score (nSPS) is 19.1. The first-order valence-corrected chi connectivity index (χ1v) is 10.4. The molecular weight excluding hydrogens is 295 g/mol. The summed E-state index contributed by atoms with van der Waals surface area (Å²) in [6, 6.07) is 31.6. The monoisotopic (exact) mass is 317 g/mol. The standard InChI is InChI=1S/C22H22P/c1-18-16-17-23(19-10-4-2-5-11-19,20-12-6-3-7-13-20)22-15-9-8-14-21(18)22/h2-15,18H,16-17H2,1H3/q+1/t18-/m0/s1. The number of rotatable bonds is 2. The summed E-state index contributed by atoms with van der Waals surface area (Å²) in [6.07, 6.45) is 2.55. The molecule has 0 bridgehead atoms. The Hall–Kier alpha value is -1.91. The Balaban J connectivity index is 2.04. The lowest BCUT2D eigenvalue weighted by molar-refractivity contribution is 0.734. The van der Waals surface area contributed by atoms with E-state index in [4.69, 9.17) is 0 Å². The summed E-state index contributed by atoms with van der Waals surface area (Å²) in [5, 5.41) is 4.63. The highest BCUT2D eigenvalue weighted by Gasteiger charge is 2.49. The van der Waals surface area contributed by atoms with E-state index in [-0.39, 0.29) is 0 Å². The van der Waals surface area contributed by atoms with Crippen molar-refractivity contribution in [3.8, 4) is 0 Å². The lowest BCUT2D eigenvalue weighted by Crippen LogP contribution is -2.38. The summed E-state index contributed by atoms with van der Waals surface area (Å²) < 4.78 is 0. The van der Waals surface area contributed by atoms with E-state index in [0.29, 0.717) is 5.92 Å². The van der Waals surface area contributed by atoms with Gasteiger partial charge in [0.15, 0.2) is 0 Å². The summed E-state index contributed by atoms with van der Waals surface area (Å²) in [5.41, 5.74) is 1.56. The van der Waals surface area contributed by atoms with E-state index in [1.807, 2.05) is 0 Å². The van der Waals surface area contributed by atoms with Crippen molar-refractivity contribution in [2.75, 3.05) is 6.16 Å². The predicted octanol–water partition coefficient (Wildman–Crippen LogP) is 4.49. The van der Waals surface area contributed by atoms with E-state index in [0.717, 1.165) is 0 Å². The fourth-order valence-electron chi connectivity index (χ4n) is 3.97. The third kappa shape index (κ3) is 2.33. The topological polar surface area (TPSA) is 0 Å². The molecule has 1 aliphatic heterocycles. The van der Waals surface area contributed by atoms with Crippen molar-refractivity contribution in [1.29, 1.82) is 0 Å². The van der Waals surface area contributed by atoms with E-state index in [1.54, 1.807) is 10.9 Å². The highest BCUT2D eigenvalue weighted by atomic mass is 31.2. The largest absolute Gasteiger partial charge is 0.112 e. The van der Waals surface area contributed by atoms with E-state index < -0.39 is 7.26 Å². The number of benzene rings is 3. The third-order valence-corrected chi connectivity index (χ3v) is 9.69. The Kier molecular flexibility index (Phi) is 3.79. The third-order valence-electron chi connectivity index (χ3n) is 5.17. The van der Waals surface area contributed by atoms with Gasteiger partial charge in [-0.1, -0.05) is 61.5 Å². The molecule has 0 amide bonds. The van der Waals surface area contributed by atoms with E-state index >= 15 is 0 Å². The second-order valence-corrected chi connectivity index (χ2v) is 10.0. The molecule has 0 unspecified atom stereocenters. The van der Waals surface area contributed by atoms with Crippen LogP contribution in [0.15, 0.2) is 84.9 Å². The fourth-order valence-corrected chi connectivity index (χ4v) is 8.79. The number of hydrogen-bond donors (Lipinski definition) is 0. The Morgan fingerprint density at radius 1 is 0.696 bits per heavy atom. The van der Waals surface area contributed by atoms with Gasteiger partial charge < -0.3 is 0 Å². The van der Waals surface area contributed by atoms with Crippen LogP contribution in [0.25, 0.3) is 0 Å². The highest BCUT2D eigenvalue weighted by Crippen LogP contribution is 2.60. The molecule has 0 fully saturated rings. The highest BCUT2D eigenvalue weighted by molar-refractivity contribution is 7.95. The number of fused-ring (bicyclic) bond motifs is 1. The maximum atomic E-state index is 2.39. The zero-order valence-electron chi connectivity index (χ0n) is 13.5. The van der Waals surface area contributed by atoms with Crippen molar-refractivity contribution in [2.45, 2.75) is 19.3 Å². The van der Waals surface area contributed by atoms with Crippen LogP contribution in [-0.2, 0) is 0 Å². The first-order valence-electron chi connectivity index (χ1n) is 8.41. The van der Waals surface area contributed by atoms with Crippen LogP contribution in [0, 0.1) is 0 Å². The molecular formula is C22H22P+. The SMILES string of the molecule is C[C@H]1CC[P+](c2ccccc2)(c2ccccc2)c2ccccc21. The zero-order valence-corrected chi connectivity index (χ0v) is 14.4. The molecule has 0 N–H and O–H groups in total. The van der Waals surface area contributed by atoms with Gasteiger partial charge in [0, 0.05) is 0 Å². The molecule has 0 nitrogen and oxygen atoms in total. The summed E-state index contributed by atoms with van der Waals surface area (Å²) in [5.74, 6) is 0.659. The lowest BCUT2D eigenvalue weighted by Gasteiger charge is -2.35. The molecule has 0 saturated heterocycles. The van der Waals surface area contributed by atoms with Gasteiger partial charge in [0.05, 0.1) is 6.16 Å². The van der Waals surface area contributed by atoms with Crippen molar-refractivity contribution in [1.82, 2.24) is 0 Å². The van der Waals surface area contributed by atoms with Gasteiger partial charge in [-0.05, 0) is 48.2 Å². The lowest BCUT2D eigenvalue weighted by atomic mass is 9.98.